The number of nitrogens with zero attached hydrogens (tertiary/aromatic N) is 2. The number of likely N-dealkylation sites (tertiary alicyclic amines) is 2. The van der Waals surface area contributed by atoms with Crippen LogP contribution in [0.15, 0.2) is 0 Å². The maximum absolute atomic E-state index is 12.3. The lowest BCUT2D eigenvalue weighted by Gasteiger charge is -2.48. The Bertz CT molecular complexity index is 424. The fraction of sp³-hybridized carbons (Fsp3) is 0.889. The van der Waals surface area contributed by atoms with Crippen molar-refractivity contribution in [2.24, 2.45) is 11.3 Å². The van der Waals surface area contributed by atoms with Crippen LogP contribution in [0, 0.1) is 11.3 Å². The topological polar surface area (TPSA) is 49.9 Å². The fourth-order valence-electron chi connectivity index (χ4n) is 3.82. The molecule has 2 fully saturated rings. The number of amides is 2. The van der Waals surface area contributed by atoms with E-state index in [1.54, 1.807) is 7.11 Å². The summed E-state index contributed by atoms with van der Waals surface area (Å²) in [4.78, 5) is 28.6. The van der Waals surface area contributed by atoms with E-state index in [1.165, 1.54) is 0 Å². The molecule has 2 amide bonds. The average Bonchev–Trinajstić information content (AvgIpc) is 2.54. The van der Waals surface area contributed by atoms with E-state index < -0.39 is 0 Å². The molecular formula is C18H32N2O3. The summed E-state index contributed by atoms with van der Waals surface area (Å²) in [6.07, 6.45) is 5.26. The quantitative estimate of drug-likeness (QED) is 0.753. The van der Waals surface area contributed by atoms with Gasteiger partial charge in [0.05, 0.1) is 13.0 Å². The van der Waals surface area contributed by atoms with Gasteiger partial charge >= 0.3 is 0 Å². The second kappa shape index (κ2) is 8.13. The zero-order valence-corrected chi connectivity index (χ0v) is 15.0. The van der Waals surface area contributed by atoms with Gasteiger partial charge in [0.1, 0.15) is 0 Å². The van der Waals surface area contributed by atoms with Gasteiger partial charge in [0, 0.05) is 45.1 Å². The van der Waals surface area contributed by atoms with Crippen molar-refractivity contribution in [1.82, 2.24) is 9.80 Å². The first-order valence-electron chi connectivity index (χ1n) is 9.00. The summed E-state index contributed by atoms with van der Waals surface area (Å²) in [5, 5.41) is 0. The van der Waals surface area contributed by atoms with E-state index in [1.807, 2.05) is 9.80 Å². The lowest BCUT2D eigenvalue weighted by molar-refractivity contribution is -0.143. The van der Waals surface area contributed by atoms with Gasteiger partial charge in [0.2, 0.25) is 11.8 Å². The van der Waals surface area contributed by atoms with Crippen molar-refractivity contribution < 1.29 is 14.3 Å². The molecule has 0 radical (unpaired) electrons. The molecule has 0 bridgehead atoms. The molecular weight excluding hydrogens is 292 g/mol. The van der Waals surface area contributed by atoms with Crippen LogP contribution in [0.1, 0.15) is 52.4 Å². The van der Waals surface area contributed by atoms with Crippen LogP contribution in [-0.4, -0.2) is 61.5 Å². The van der Waals surface area contributed by atoms with Crippen LogP contribution >= 0.6 is 0 Å². The highest BCUT2D eigenvalue weighted by Gasteiger charge is 2.42. The summed E-state index contributed by atoms with van der Waals surface area (Å²) >= 11 is 0. The number of piperidine rings is 2. The number of methoxy groups -OCH3 is 1. The van der Waals surface area contributed by atoms with E-state index in [4.69, 9.17) is 4.74 Å². The van der Waals surface area contributed by atoms with Crippen molar-refractivity contribution in [3.05, 3.63) is 0 Å². The maximum Gasteiger partial charge on any atom is 0.224 e. The zero-order chi connectivity index (χ0) is 16.9. The van der Waals surface area contributed by atoms with Crippen molar-refractivity contribution in [2.45, 2.75) is 52.4 Å². The molecule has 5 heteroatoms. The van der Waals surface area contributed by atoms with Crippen molar-refractivity contribution in [3.8, 4) is 0 Å². The van der Waals surface area contributed by atoms with E-state index >= 15 is 0 Å². The van der Waals surface area contributed by atoms with E-state index in [-0.39, 0.29) is 11.3 Å². The number of ether oxygens (including phenoxy) is 1. The van der Waals surface area contributed by atoms with E-state index in [2.05, 4.69) is 13.8 Å². The number of rotatable bonds is 6. The highest BCUT2D eigenvalue weighted by molar-refractivity contribution is 5.78. The Balaban J connectivity index is 1.96. The molecule has 1 spiro atoms. The molecule has 2 saturated heterocycles. The van der Waals surface area contributed by atoms with Gasteiger partial charge in [-0.15, -0.1) is 0 Å². The van der Waals surface area contributed by atoms with Gasteiger partial charge in [0.15, 0.2) is 0 Å². The van der Waals surface area contributed by atoms with Gasteiger partial charge < -0.3 is 14.5 Å². The predicted molar refractivity (Wildman–Crippen MR) is 90.0 cm³/mol. The van der Waals surface area contributed by atoms with Crippen molar-refractivity contribution in [1.29, 1.82) is 0 Å². The Labute approximate surface area is 140 Å². The highest BCUT2D eigenvalue weighted by atomic mass is 16.5. The number of carbonyl (C=O) groups is 2. The van der Waals surface area contributed by atoms with Gasteiger partial charge in [0.25, 0.3) is 0 Å². The van der Waals surface area contributed by atoms with Crippen LogP contribution < -0.4 is 0 Å². The molecule has 2 aliphatic heterocycles. The van der Waals surface area contributed by atoms with Crippen LogP contribution in [0.4, 0.5) is 0 Å². The molecule has 1 unspecified atom stereocenters. The normalized spacial score (nSPS) is 25.5. The highest BCUT2D eigenvalue weighted by Crippen LogP contribution is 2.39. The first-order chi connectivity index (χ1) is 11.0. The Morgan fingerprint density at radius 2 is 2.09 bits per heavy atom. The van der Waals surface area contributed by atoms with Crippen molar-refractivity contribution in [2.75, 3.05) is 39.9 Å². The fourth-order valence-corrected chi connectivity index (χ4v) is 3.82. The van der Waals surface area contributed by atoms with Crippen LogP contribution in [0.2, 0.25) is 0 Å². The third-order valence-electron chi connectivity index (χ3n) is 5.26. The van der Waals surface area contributed by atoms with Crippen molar-refractivity contribution in [3.63, 3.8) is 0 Å². The third-order valence-corrected chi connectivity index (χ3v) is 5.26. The minimum atomic E-state index is 0.117. The van der Waals surface area contributed by atoms with E-state index in [0.29, 0.717) is 31.3 Å². The summed E-state index contributed by atoms with van der Waals surface area (Å²) in [5.74, 6) is 1.09. The van der Waals surface area contributed by atoms with Crippen LogP contribution in [0.25, 0.3) is 0 Å². The Morgan fingerprint density at radius 1 is 1.30 bits per heavy atom. The number of carbonyl (C=O) groups excluding carboxylic acids is 2. The van der Waals surface area contributed by atoms with Crippen LogP contribution in [0.5, 0.6) is 0 Å². The SMILES string of the molecule is COCCC(=O)N1CCCC2(CCC(=O)N(CCC(C)C)C2)C1. The third kappa shape index (κ3) is 4.93. The molecule has 132 valence electrons. The summed E-state index contributed by atoms with van der Waals surface area (Å²) in [7, 11) is 1.63. The molecule has 5 nitrogen and oxygen atoms in total. The van der Waals surface area contributed by atoms with Gasteiger partial charge in [-0.05, 0) is 31.6 Å². The Hall–Kier alpha value is -1.10. The van der Waals surface area contributed by atoms with E-state index in [0.717, 1.165) is 51.9 Å². The lowest BCUT2D eigenvalue weighted by Crippen LogP contribution is -2.55. The van der Waals surface area contributed by atoms with Crippen LogP contribution in [0.3, 0.4) is 0 Å². The Morgan fingerprint density at radius 3 is 2.78 bits per heavy atom. The maximum atomic E-state index is 12.3. The molecule has 2 aliphatic rings. The first-order valence-corrected chi connectivity index (χ1v) is 9.00. The predicted octanol–water partition coefficient (Wildman–Crippen LogP) is 2.30. The molecule has 0 aromatic heterocycles. The molecule has 2 heterocycles. The molecule has 2 rings (SSSR count). The second-order valence-corrected chi connectivity index (χ2v) is 7.66. The second-order valence-electron chi connectivity index (χ2n) is 7.66. The van der Waals surface area contributed by atoms with Gasteiger partial charge in [-0.3, -0.25) is 9.59 Å². The summed E-state index contributed by atoms with van der Waals surface area (Å²) in [5.41, 5.74) is 0.117. The monoisotopic (exact) mass is 324 g/mol. The van der Waals surface area contributed by atoms with Gasteiger partial charge in [-0.25, -0.2) is 0 Å². The van der Waals surface area contributed by atoms with Crippen molar-refractivity contribution >= 4 is 11.8 Å². The lowest BCUT2D eigenvalue weighted by atomic mass is 9.73. The van der Waals surface area contributed by atoms with Gasteiger partial charge in [-0.2, -0.15) is 0 Å². The smallest absolute Gasteiger partial charge is 0.224 e. The molecule has 1 atom stereocenters. The molecule has 0 aliphatic carbocycles. The molecule has 0 aromatic rings. The molecule has 0 saturated carbocycles. The van der Waals surface area contributed by atoms with Crippen LogP contribution in [-0.2, 0) is 14.3 Å². The zero-order valence-electron chi connectivity index (χ0n) is 15.0. The standard InChI is InChI=1S/C18H32N2O3/c1-15(2)6-11-20-14-18(9-5-16(20)21)8-4-10-19(13-18)17(22)7-12-23-3/h15H,4-14H2,1-3H3. The summed E-state index contributed by atoms with van der Waals surface area (Å²) < 4.78 is 5.03. The minimum Gasteiger partial charge on any atom is -0.384 e. The van der Waals surface area contributed by atoms with Gasteiger partial charge in [-0.1, -0.05) is 13.8 Å². The minimum absolute atomic E-state index is 0.117. The molecule has 0 N–H and O–H groups in total. The molecule has 0 aromatic carbocycles. The Kier molecular flexibility index (Phi) is 6.45. The average molecular weight is 324 g/mol. The summed E-state index contributed by atoms with van der Waals surface area (Å²) in [6.45, 7) is 8.22. The van der Waals surface area contributed by atoms with E-state index in [9.17, 15) is 9.59 Å². The number of hydrogen-bond acceptors (Lipinski definition) is 3. The number of hydrogen-bond donors (Lipinski definition) is 0. The largest absolute Gasteiger partial charge is 0.384 e. The molecule has 23 heavy (non-hydrogen) atoms. The summed E-state index contributed by atoms with van der Waals surface area (Å²) in [6, 6.07) is 0. The first kappa shape index (κ1) is 18.2.